The lowest BCUT2D eigenvalue weighted by atomic mass is 9.97. The normalized spacial score (nSPS) is 19.1. The van der Waals surface area contributed by atoms with Crippen molar-refractivity contribution in [2.24, 2.45) is 5.92 Å². The van der Waals surface area contributed by atoms with Gasteiger partial charge in [0, 0.05) is 36.2 Å². The van der Waals surface area contributed by atoms with Gasteiger partial charge in [0.2, 0.25) is 0 Å². The number of ether oxygens (including phenoxy) is 2. The second kappa shape index (κ2) is 10.3. The molecule has 0 saturated carbocycles. The number of para-hydroxylation sites is 1. The van der Waals surface area contributed by atoms with Crippen LogP contribution >= 0.6 is 11.8 Å². The average molecular weight is 481 g/mol. The maximum atomic E-state index is 13.2. The number of benzene rings is 2. The summed E-state index contributed by atoms with van der Waals surface area (Å²) in [6.45, 7) is 3.06. The van der Waals surface area contributed by atoms with Crippen molar-refractivity contribution in [3.63, 3.8) is 0 Å². The number of hydrogen-bond acceptors (Lipinski definition) is 6. The monoisotopic (exact) mass is 480 g/mol. The molecule has 1 atom stereocenters. The number of methoxy groups -OCH3 is 1. The van der Waals surface area contributed by atoms with Crippen molar-refractivity contribution in [2.75, 3.05) is 38.8 Å². The standard InChI is InChI=1S/C26H28N2O5S/c1-4-33-26(31)19-9-7-13-28(16-19)24(29)18-11-12-22-20(14-18)27(2)25(30)23(34-22)15-17-8-5-6-10-21(17)32-3/h5-6,8,10-12,14-15,19H,4,7,9,13,16H2,1-3H3. The third-order valence-corrected chi connectivity index (χ3v) is 7.13. The zero-order chi connectivity index (χ0) is 24.2. The van der Waals surface area contributed by atoms with Crippen LogP contribution in [-0.4, -0.2) is 56.5 Å². The van der Waals surface area contributed by atoms with Crippen LogP contribution in [0.15, 0.2) is 52.3 Å². The Morgan fingerprint density at radius 1 is 1.21 bits per heavy atom. The highest BCUT2D eigenvalue weighted by atomic mass is 32.2. The first-order valence-corrected chi connectivity index (χ1v) is 12.1. The van der Waals surface area contributed by atoms with Crippen LogP contribution in [0.25, 0.3) is 6.08 Å². The van der Waals surface area contributed by atoms with E-state index in [1.165, 1.54) is 11.8 Å². The van der Waals surface area contributed by atoms with Crippen molar-refractivity contribution in [3.05, 3.63) is 58.5 Å². The minimum absolute atomic E-state index is 0.141. The van der Waals surface area contributed by atoms with E-state index in [0.29, 0.717) is 41.6 Å². The van der Waals surface area contributed by atoms with E-state index in [1.54, 1.807) is 43.0 Å². The van der Waals surface area contributed by atoms with Crippen LogP contribution in [0.3, 0.4) is 0 Å². The number of amides is 2. The molecule has 0 bridgehead atoms. The van der Waals surface area contributed by atoms with E-state index in [0.717, 1.165) is 23.3 Å². The van der Waals surface area contributed by atoms with Crippen molar-refractivity contribution >= 4 is 41.3 Å². The largest absolute Gasteiger partial charge is 0.496 e. The van der Waals surface area contributed by atoms with Gasteiger partial charge in [-0.05, 0) is 50.1 Å². The highest BCUT2D eigenvalue weighted by molar-refractivity contribution is 8.04. The van der Waals surface area contributed by atoms with Crippen LogP contribution in [-0.2, 0) is 14.3 Å². The Balaban J connectivity index is 1.56. The number of anilines is 1. The summed E-state index contributed by atoms with van der Waals surface area (Å²) >= 11 is 1.38. The van der Waals surface area contributed by atoms with Crippen molar-refractivity contribution in [1.29, 1.82) is 0 Å². The molecule has 1 fully saturated rings. The number of hydrogen-bond donors (Lipinski definition) is 0. The first kappa shape index (κ1) is 23.9. The fraction of sp³-hybridized carbons (Fsp3) is 0.346. The highest BCUT2D eigenvalue weighted by Gasteiger charge is 2.32. The van der Waals surface area contributed by atoms with E-state index in [4.69, 9.17) is 9.47 Å². The zero-order valence-corrected chi connectivity index (χ0v) is 20.4. The lowest BCUT2D eigenvalue weighted by Crippen LogP contribution is -2.43. The molecule has 0 N–H and O–H groups in total. The molecule has 2 aromatic carbocycles. The summed E-state index contributed by atoms with van der Waals surface area (Å²) in [7, 11) is 3.31. The molecule has 4 rings (SSSR count). The zero-order valence-electron chi connectivity index (χ0n) is 19.6. The predicted octanol–water partition coefficient (Wildman–Crippen LogP) is 4.22. The van der Waals surface area contributed by atoms with E-state index in [1.807, 2.05) is 36.4 Å². The summed E-state index contributed by atoms with van der Waals surface area (Å²) in [6.07, 6.45) is 3.31. The molecule has 2 aliphatic heterocycles. The Morgan fingerprint density at radius 2 is 2.00 bits per heavy atom. The molecule has 1 saturated heterocycles. The number of carbonyl (C=O) groups is 3. The Bertz CT molecular complexity index is 1150. The number of nitrogens with zero attached hydrogens (tertiary/aromatic N) is 2. The lowest BCUT2D eigenvalue weighted by molar-refractivity contribution is -0.149. The number of likely N-dealkylation sites (tertiary alicyclic amines) is 1. The van der Waals surface area contributed by atoms with Crippen molar-refractivity contribution in [2.45, 2.75) is 24.7 Å². The number of fused-ring (bicyclic) bond motifs is 1. The number of rotatable bonds is 5. The summed E-state index contributed by atoms with van der Waals surface area (Å²) in [4.78, 5) is 43.2. The maximum absolute atomic E-state index is 13.2. The molecule has 0 aromatic heterocycles. The minimum Gasteiger partial charge on any atom is -0.496 e. The summed E-state index contributed by atoms with van der Waals surface area (Å²) in [6, 6.07) is 13.0. The van der Waals surface area contributed by atoms with E-state index in [-0.39, 0.29) is 23.7 Å². The number of thioether (sulfide) groups is 1. The van der Waals surface area contributed by atoms with Crippen LogP contribution in [0.4, 0.5) is 5.69 Å². The Hall–Kier alpha value is -3.26. The third kappa shape index (κ3) is 4.82. The van der Waals surface area contributed by atoms with Gasteiger partial charge >= 0.3 is 5.97 Å². The van der Waals surface area contributed by atoms with Gasteiger partial charge in [-0.25, -0.2) is 0 Å². The molecule has 178 valence electrons. The smallest absolute Gasteiger partial charge is 0.310 e. The number of piperidine rings is 1. The summed E-state index contributed by atoms with van der Waals surface area (Å²) in [5.74, 6) is -0.133. The Labute approximate surface area is 203 Å². The van der Waals surface area contributed by atoms with E-state index in [2.05, 4.69) is 0 Å². The first-order valence-electron chi connectivity index (χ1n) is 11.3. The van der Waals surface area contributed by atoms with Gasteiger partial charge in [0.25, 0.3) is 11.8 Å². The van der Waals surface area contributed by atoms with Gasteiger partial charge in [-0.2, -0.15) is 0 Å². The van der Waals surface area contributed by atoms with Crippen molar-refractivity contribution in [3.8, 4) is 5.75 Å². The average Bonchev–Trinajstić information content (AvgIpc) is 2.87. The molecule has 2 aliphatic rings. The molecule has 2 amide bonds. The first-order chi connectivity index (χ1) is 16.4. The van der Waals surface area contributed by atoms with Gasteiger partial charge in [0.15, 0.2) is 0 Å². The summed E-state index contributed by atoms with van der Waals surface area (Å²) in [5.41, 5.74) is 2.02. The topological polar surface area (TPSA) is 76.2 Å². The number of likely N-dealkylation sites (N-methyl/N-ethyl adjacent to an activating group) is 1. The van der Waals surface area contributed by atoms with Crippen LogP contribution in [0.1, 0.15) is 35.7 Å². The van der Waals surface area contributed by atoms with Crippen LogP contribution in [0.2, 0.25) is 0 Å². The Kier molecular flexibility index (Phi) is 7.26. The van der Waals surface area contributed by atoms with Crippen LogP contribution < -0.4 is 9.64 Å². The van der Waals surface area contributed by atoms with E-state index in [9.17, 15) is 14.4 Å². The highest BCUT2D eigenvalue weighted by Crippen LogP contribution is 2.42. The van der Waals surface area contributed by atoms with Gasteiger partial charge in [0.1, 0.15) is 5.75 Å². The molecule has 2 heterocycles. The van der Waals surface area contributed by atoms with Crippen LogP contribution in [0.5, 0.6) is 5.75 Å². The molecular formula is C26H28N2O5S. The third-order valence-electron chi connectivity index (χ3n) is 6.06. The van der Waals surface area contributed by atoms with E-state index < -0.39 is 0 Å². The predicted molar refractivity (Wildman–Crippen MR) is 132 cm³/mol. The quantitative estimate of drug-likeness (QED) is 0.471. The van der Waals surface area contributed by atoms with Gasteiger partial charge in [-0.3, -0.25) is 14.4 Å². The van der Waals surface area contributed by atoms with Gasteiger partial charge in [-0.15, -0.1) is 0 Å². The Morgan fingerprint density at radius 3 is 2.76 bits per heavy atom. The van der Waals surface area contributed by atoms with Gasteiger partial charge in [0.05, 0.1) is 30.2 Å². The number of carbonyl (C=O) groups excluding carboxylic acids is 3. The molecule has 1 unspecified atom stereocenters. The molecule has 34 heavy (non-hydrogen) atoms. The van der Waals surface area contributed by atoms with Gasteiger partial charge in [-0.1, -0.05) is 30.0 Å². The molecule has 0 spiro atoms. The minimum atomic E-state index is -0.294. The van der Waals surface area contributed by atoms with Crippen molar-refractivity contribution < 1.29 is 23.9 Å². The molecule has 0 radical (unpaired) electrons. The van der Waals surface area contributed by atoms with Crippen molar-refractivity contribution in [1.82, 2.24) is 4.90 Å². The summed E-state index contributed by atoms with van der Waals surface area (Å²) < 4.78 is 10.5. The molecule has 8 heteroatoms. The summed E-state index contributed by atoms with van der Waals surface area (Å²) in [5, 5.41) is 0. The molecule has 7 nitrogen and oxygen atoms in total. The second-order valence-corrected chi connectivity index (χ2v) is 9.33. The maximum Gasteiger partial charge on any atom is 0.310 e. The van der Waals surface area contributed by atoms with E-state index >= 15 is 0 Å². The fourth-order valence-corrected chi connectivity index (χ4v) is 5.33. The fourth-order valence-electron chi connectivity index (χ4n) is 4.25. The SMILES string of the molecule is CCOC(=O)C1CCCN(C(=O)c2ccc3c(c2)N(C)C(=O)C(=Cc2ccccc2OC)S3)C1. The lowest BCUT2D eigenvalue weighted by Gasteiger charge is -2.32. The second-order valence-electron chi connectivity index (χ2n) is 8.24. The van der Waals surface area contributed by atoms with Crippen LogP contribution in [0, 0.1) is 5.92 Å². The number of esters is 1. The molecular weight excluding hydrogens is 452 g/mol. The van der Waals surface area contributed by atoms with Gasteiger partial charge < -0.3 is 19.3 Å². The molecule has 2 aromatic rings. The molecule has 0 aliphatic carbocycles.